The van der Waals surface area contributed by atoms with Crippen molar-refractivity contribution in [2.24, 2.45) is 5.10 Å². The Hall–Kier alpha value is -2.35. The van der Waals surface area contributed by atoms with Gasteiger partial charge in [0.1, 0.15) is 5.71 Å². The standard InChI is InChI=1S/C18H17F3N2O2S/c1-12-4-3-5-14(10-12)23-16(11-17(22-23)18(19,20)21)13-6-8-15(9-7-13)26(2,24)25/h3-10,16H,11H2,1-2H3. The molecule has 0 radical (unpaired) electrons. The lowest BCUT2D eigenvalue weighted by Gasteiger charge is -2.24. The Morgan fingerprint density at radius 1 is 1.12 bits per heavy atom. The van der Waals surface area contributed by atoms with Gasteiger partial charge in [0.25, 0.3) is 0 Å². The Bertz CT molecular complexity index is 951. The molecule has 0 aromatic heterocycles. The summed E-state index contributed by atoms with van der Waals surface area (Å²) in [5.41, 5.74) is 1.18. The zero-order valence-corrected chi connectivity index (χ0v) is 15.0. The molecular formula is C18H17F3N2O2S. The van der Waals surface area contributed by atoms with E-state index in [-0.39, 0.29) is 11.3 Å². The molecule has 1 unspecified atom stereocenters. The quantitative estimate of drug-likeness (QED) is 0.797. The molecule has 0 spiro atoms. The summed E-state index contributed by atoms with van der Waals surface area (Å²) in [7, 11) is -3.37. The molecule has 2 aromatic rings. The third-order valence-corrected chi connectivity index (χ3v) is 5.33. The predicted molar refractivity (Wildman–Crippen MR) is 94.1 cm³/mol. The summed E-state index contributed by atoms with van der Waals surface area (Å²) < 4.78 is 62.8. The molecule has 0 saturated carbocycles. The van der Waals surface area contributed by atoms with Gasteiger partial charge in [-0.25, -0.2) is 8.42 Å². The van der Waals surface area contributed by atoms with Crippen LogP contribution >= 0.6 is 0 Å². The van der Waals surface area contributed by atoms with Crippen molar-refractivity contribution >= 4 is 21.2 Å². The molecule has 0 fully saturated rings. The summed E-state index contributed by atoms with van der Waals surface area (Å²) >= 11 is 0. The number of halogens is 3. The van der Waals surface area contributed by atoms with Crippen LogP contribution in [-0.4, -0.2) is 26.6 Å². The summed E-state index contributed by atoms with van der Waals surface area (Å²) in [4.78, 5) is 0.123. The minimum atomic E-state index is -4.51. The number of benzene rings is 2. The lowest BCUT2D eigenvalue weighted by atomic mass is 10.0. The summed E-state index contributed by atoms with van der Waals surface area (Å²) in [6.45, 7) is 1.85. The van der Waals surface area contributed by atoms with Gasteiger partial charge in [0, 0.05) is 12.7 Å². The molecule has 0 aliphatic carbocycles. The van der Waals surface area contributed by atoms with Crippen LogP contribution in [0.15, 0.2) is 58.5 Å². The lowest BCUT2D eigenvalue weighted by molar-refractivity contribution is -0.0600. The van der Waals surface area contributed by atoms with Gasteiger partial charge in [0.15, 0.2) is 9.84 Å². The van der Waals surface area contributed by atoms with Crippen LogP contribution in [-0.2, 0) is 9.84 Å². The van der Waals surface area contributed by atoms with Gasteiger partial charge in [-0.2, -0.15) is 18.3 Å². The molecule has 138 valence electrons. The van der Waals surface area contributed by atoms with Gasteiger partial charge in [0.05, 0.1) is 16.6 Å². The number of hydrogen-bond acceptors (Lipinski definition) is 4. The van der Waals surface area contributed by atoms with Crippen molar-refractivity contribution in [3.05, 3.63) is 59.7 Å². The largest absolute Gasteiger partial charge is 0.431 e. The smallest absolute Gasteiger partial charge is 0.257 e. The van der Waals surface area contributed by atoms with Crippen molar-refractivity contribution in [1.82, 2.24) is 0 Å². The van der Waals surface area contributed by atoms with Crippen LogP contribution in [0, 0.1) is 6.92 Å². The van der Waals surface area contributed by atoms with Crippen molar-refractivity contribution < 1.29 is 21.6 Å². The van der Waals surface area contributed by atoms with E-state index < -0.39 is 27.8 Å². The summed E-state index contributed by atoms with van der Waals surface area (Å²) in [5.74, 6) is 0. The molecule has 1 aliphatic heterocycles. The number of rotatable bonds is 3. The highest BCUT2D eigenvalue weighted by Crippen LogP contribution is 2.39. The van der Waals surface area contributed by atoms with E-state index in [4.69, 9.17) is 0 Å². The molecule has 8 heteroatoms. The van der Waals surface area contributed by atoms with E-state index in [0.717, 1.165) is 11.8 Å². The van der Waals surface area contributed by atoms with E-state index in [1.165, 1.54) is 17.1 Å². The van der Waals surface area contributed by atoms with Crippen molar-refractivity contribution in [1.29, 1.82) is 0 Å². The minimum absolute atomic E-state index is 0.123. The Morgan fingerprint density at radius 2 is 1.77 bits per heavy atom. The fraction of sp³-hybridized carbons (Fsp3) is 0.278. The molecule has 0 bridgehead atoms. The van der Waals surface area contributed by atoms with Gasteiger partial charge in [-0.3, -0.25) is 5.01 Å². The molecule has 26 heavy (non-hydrogen) atoms. The lowest BCUT2D eigenvalue weighted by Crippen LogP contribution is -2.21. The first-order valence-electron chi connectivity index (χ1n) is 7.86. The van der Waals surface area contributed by atoms with E-state index in [1.54, 1.807) is 30.3 Å². The van der Waals surface area contributed by atoms with Gasteiger partial charge in [0.2, 0.25) is 0 Å². The van der Waals surface area contributed by atoms with Crippen LogP contribution in [0.25, 0.3) is 0 Å². The summed E-state index contributed by atoms with van der Waals surface area (Å²) in [5, 5.41) is 5.16. The maximum Gasteiger partial charge on any atom is 0.431 e. The SMILES string of the molecule is Cc1cccc(N2N=C(C(F)(F)F)CC2c2ccc(S(C)(=O)=O)cc2)c1. The van der Waals surface area contributed by atoms with E-state index in [9.17, 15) is 21.6 Å². The highest BCUT2D eigenvalue weighted by atomic mass is 32.2. The van der Waals surface area contributed by atoms with Crippen LogP contribution in [0.4, 0.5) is 18.9 Å². The van der Waals surface area contributed by atoms with Gasteiger partial charge >= 0.3 is 6.18 Å². The normalized spacial score (nSPS) is 18.1. The number of hydrogen-bond donors (Lipinski definition) is 0. The van der Waals surface area contributed by atoms with E-state index in [1.807, 2.05) is 13.0 Å². The van der Waals surface area contributed by atoms with Crippen molar-refractivity contribution in [3.8, 4) is 0 Å². The second-order valence-electron chi connectivity index (χ2n) is 6.29. The first kappa shape index (κ1) is 18.4. The highest BCUT2D eigenvalue weighted by molar-refractivity contribution is 7.90. The maximum atomic E-state index is 13.2. The summed E-state index contributed by atoms with van der Waals surface area (Å²) in [6.07, 6.45) is -3.72. The molecule has 0 amide bonds. The monoisotopic (exact) mass is 382 g/mol. The number of hydrazone groups is 1. The molecule has 1 heterocycles. The van der Waals surface area contributed by atoms with Gasteiger partial charge in [-0.1, -0.05) is 24.3 Å². The van der Waals surface area contributed by atoms with Crippen LogP contribution < -0.4 is 5.01 Å². The Balaban J connectivity index is 2.02. The average molecular weight is 382 g/mol. The average Bonchev–Trinajstić information content (AvgIpc) is 3.00. The molecule has 4 nitrogen and oxygen atoms in total. The second-order valence-corrected chi connectivity index (χ2v) is 8.30. The second kappa shape index (κ2) is 6.42. The number of anilines is 1. The van der Waals surface area contributed by atoms with Gasteiger partial charge < -0.3 is 0 Å². The number of sulfone groups is 1. The Kier molecular flexibility index (Phi) is 4.56. The molecule has 0 saturated heterocycles. The van der Waals surface area contributed by atoms with Gasteiger partial charge in [-0.05, 0) is 42.3 Å². The topological polar surface area (TPSA) is 49.7 Å². The minimum Gasteiger partial charge on any atom is -0.257 e. The summed E-state index contributed by atoms with van der Waals surface area (Å²) in [6, 6.07) is 12.3. The van der Waals surface area contributed by atoms with E-state index >= 15 is 0 Å². The first-order chi connectivity index (χ1) is 12.1. The number of aryl methyl sites for hydroxylation is 1. The molecule has 1 aliphatic rings. The van der Waals surface area contributed by atoms with Gasteiger partial charge in [-0.15, -0.1) is 0 Å². The third kappa shape index (κ3) is 3.75. The first-order valence-corrected chi connectivity index (χ1v) is 9.75. The van der Waals surface area contributed by atoms with Crippen LogP contribution in [0.2, 0.25) is 0 Å². The van der Waals surface area contributed by atoms with Crippen molar-refractivity contribution in [2.75, 3.05) is 11.3 Å². The highest BCUT2D eigenvalue weighted by Gasteiger charge is 2.43. The predicted octanol–water partition coefficient (Wildman–Crippen LogP) is 4.27. The van der Waals surface area contributed by atoms with Crippen LogP contribution in [0.3, 0.4) is 0 Å². The van der Waals surface area contributed by atoms with E-state index in [2.05, 4.69) is 5.10 Å². The van der Waals surface area contributed by atoms with E-state index in [0.29, 0.717) is 11.3 Å². The molecule has 1 atom stereocenters. The Labute approximate surface area is 149 Å². The number of alkyl halides is 3. The van der Waals surface area contributed by atoms with Crippen molar-refractivity contribution in [3.63, 3.8) is 0 Å². The maximum absolute atomic E-state index is 13.2. The van der Waals surface area contributed by atoms with Crippen LogP contribution in [0.1, 0.15) is 23.6 Å². The molecular weight excluding hydrogens is 365 g/mol. The third-order valence-electron chi connectivity index (χ3n) is 4.20. The fourth-order valence-corrected chi connectivity index (χ4v) is 3.52. The zero-order valence-electron chi connectivity index (χ0n) is 14.2. The van der Waals surface area contributed by atoms with Crippen LogP contribution in [0.5, 0.6) is 0 Å². The zero-order chi connectivity index (χ0) is 19.1. The van der Waals surface area contributed by atoms with Crippen molar-refractivity contribution in [2.45, 2.75) is 30.5 Å². The molecule has 2 aromatic carbocycles. The molecule has 3 rings (SSSR count). The number of nitrogens with zero attached hydrogens (tertiary/aromatic N) is 2. The molecule has 0 N–H and O–H groups in total. The fourth-order valence-electron chi connectivity index (χ4n) is 2.89. The Morgan fingerprint density at radius 3 is 2.31 bits per heavy atom.